The van der Waals surface area contributed by atoms with E-state index < -0.39 is 17.9 Å². The SMILES string of the molecule is C[C@@H](CCO)NC(=O)Nc1ccc(-n2nccc2C(F)(F)F)cc1. The molecule has 6 nitrogen and oxygen atoms in total. The van der Waals surface area contributed by atoms with E-state index in [0.29, 0.717) is 12.1 Å². The van der Waals surface area contributed by atoms with Crippen LogP contribution in [0.1, 0.15) is 19.0 Å². The Bertz CT molecular complexity index is 683. The molecule has 0 spiro atoms. The first-order chi connectivity index (χ1) is 11.3. The van der Waals surface area contributed by atoms with Gasteiger partial charge in [-0.1, -0.05) is 0 Å². The molecule has 0 bridgehead atoms. The lowest BCUT2D eigenvalue weighted by Crippen LogP contribution is -2.36. The van der Waals surface area contributed by atoms with Gasteiger partial charge in [-0.15, -0.1) is 0 Å². The van der Waals surface area contributed by atoms with Gasteiger partial charge in [0.2, 0.25) is 0 Å². The van der Waals surface area contributed by atoms with Crippen LogP contribution in [0.4, 0.5) is 23.7 Å². The zero-order valence-electron chi connectivity index (χ0n) is 12.8. The summed E-state index contributed by atoms with van der Waals surface area (Å²) in [7, 11) is 0. The van der Waals surface area contributed by atoms with Gasteiger partial charge in [0.25, 0.3) is 0 Å². The van der Waals surface area contributed by atoms with Gasteiger partial charge in [0.15, 0.2) is 0 Å². The summed E-state index contributed by atoms with van der Waals surface area (Å²) in [6.45, 7) is 1.71. The molecule has 0 aliphatic carbocycles. The number of aromatic nitrogens is 2. The third-order valence-electron chi connectivity index (χ3n) is 3.24. The Hall–Kier alpha value is -2.55. The molecular formula is C15H17F3N4O2. The summed E-state index contributed by atoms with van der Waals surface area (Å²) in [5.74, 6) is 0. The van der Waals surface area contributed by atoms with Crippen LogP contribution in [0.2, 0.25) is 0 Å². The van der Waals surface area contributed by atoms with Crippen molar-refractivity contribution in [1.29, 1.82) is 0 Å². The predicted molar refractivity (Wildman–Crippen MR) is 81.9 cm³/mol. The minimum absolute atomic E-state index is 0.0401. The van der Waals surface area contributed by atoms with Gasteiger partial charge in [-0.25, -0.2) is 9.48 Å². The lowest BCUT2D eigenvalue weighted by molar-refractivity contribution is -0.142. The number of aliphatic hydroxyl groups is 1. The van der Waals surface area contributed by atoms with Crippen LogP contribution in [0.5, 0.6) is 0 Å². The lowest BCUT2D eigenvalue weighted by atomic mass is 10.2. The van der Waals surface area contributed by atoms with E-state index in [-0.39, 0.29) is 18.3 Å². The highest BCUT2D eigenvalue weighted by Crippen LogP contribution is 2.30. The number of carbonyl (C=O) groups excluding carboxylic acids is 1. The number of nitrogens with one attached hydrogen (secondary N) is 2. The molecular weight excluding hydrogens is 325 g/mol. The number of alkyl halides is 3. The van der Waals surface area contributed by atoms with E-state index in [2.05, 4.69) is 15.7 Å². The van der Waals surface area contributed by atoms with Gasteiger partial charge < -0.3 is 15.7 Å². The maximum absolute atomic E-state index is 12.9. The van der Waals surface area contributed by atoms with Crippen molar-refractivity contribution in [1.82, 2.24) is 15.1 Å². The highest BCUT2D eigenvalue weighted by atomic mass is 19.4. The maximum Gasteiger partial charge on any atom is 0.433 e. The second-order valence-electron chi connectivity index (χ2n) is 5.18. The summed E-state index contributed by atoms with van der Waals surface area (Å²) in [6.07, 6.45) is -3.01. The highest BCUT2D eigenvalue weighted by Gasteiger charge is 2.35. The van der Waals surface area contributed by atoms with Crippen LogP contribution < -0.4 is 10.6 Å². The number of benzene rings is 1. The molecule has 1 aromatic heterocycles. The summed E-state index contributed by atoms with van der Waals surface area (Å²) in [4.78, 5) is 11.7. The molecule has 1 heterocycles. The van der Waals surface area contributed by atoms with Gasteiger partial charge >= 0.3 is 12.2 Å². The predicted octanol–water partition coefficient (Wildman–Crippen LogP) is 2.78. The van der Waals surface area contributed by atoms with E-state index in [4.69, 9.17) is 5.11 Å². The molecule has 0 aliphatic rings. The summed E-state index contributed by atoms with van der Waals surface area (Å²) in [6, 6.07) is 6.04. The van der Waals surface area contributed by atoms with Crippen LogP contribution in [0, 0.1) is 0 Å². The molecule has 0 saturated carbocycles. The molecule has 9 heteroatoms. The number of hydrogen-bond acceptors (Lipinski definition) is 3. The van der Waals surface area contributed by atoms with Crippen molar-refractivity contribution in [2.45, 2.75) is 25.6 Å². The van der Waals surface area contributed by atoms with Crippen LogP contribution >= 0.6 is 0 Å². The Morgan fingerprint density at radius 1 is 1.29 bits per heavy atom. The van der Waals surface area contributed by atoms with Crippen molar-refractivity contribution < 1.29 is 23.1 Å². The van der Waals surface area contributed by atoms with Crippen LogP contribution in [-0.4, -0.2) is 33.6 Å². The van der Waals surface area contributed by atoms with Crippen LogP contribution in [0.3, 0.4) is 0 Å². The Kier molecular flexibility index (Phi) is 5.45. The van der Waals surface area contributed by atoms with Crippen molar-refractivity contribution in [3.63, 3.8) is 0 Å². The number of rotatable bonds is 5. The zero-order chi connectivity index (χ0) is 17.7. The van der Waals surface area contributed by atoms with Gasteiger partial charge in [0.05, 0.1) is 11.9 Å². The van der Waals surface area contributed by atoms with Gasteiger partial charge in [-0.3, -0.25) is 0 Å². The van der Waals surface area contributed by atoms with Crippen molar-refractivity contribution in [3.8, 4) is 5.69 Å². The number of aliphatic hydroxyl groups excluding tert-OH is 1. The quantitative estimate of drug-likeness (QED) is 0.782. The number of anilines is 1. The molecule has 0 aliphatic heterocycles. The largest absolute Gasteiger partial charge is 0.433 e. The first-order valence-corrected chi connectivity index (χ1v) is 7.21. The first kappa shape index (κ1) is 17.8. The molecule has 3 N–H and O–H groups in total. The topological polar surface area (TPSA) is 79.2 Å². The van der Waals surface area contributed by atoms with E-state index in [1.807, 2.05) is 0 Å². The van der Waals surface area contributed by atoms with E-state index in [0.717, 1.165) is 16.9 Å². The minimum Gasteiger partial charge on any atom is -0.396 e. The molecule has 2 rings (SSSR count). The first-order valence-electron chi connectivity index (χ1n) is 7.21. The Labute approximate surface area is 136 Å². The fourth-order valence-electron chi connectivity index (χ4n) is 2.07. The minimum atomic E-state index is -4.50. The molecule has 0 saturated heterocycles. The van der Waals surface area contributed by atoms with Crippen LogP contribution in [0.25, 0.3) is 5.69 Å². The average molecular weight is 342 g/mol. The number of carbonyl (C=O) groups is 1. The highest BCUT2D eigenvalue weighted by molar-refractivity contribution is 5.89. The smallest absolute Gasteiger partial charge is 0.396 e. The Balaban J connectivity index is 2.06. The number of nitrogens with zero attached hydrogens (tertiary/aromatic N) is 2. The van der Waals surface area contributed by atoms with Crippen molar-refractivity contribution in [3.05, 3.63) is 42.2 Å². The molecule has 2 amide bonds. The van der Waals surface area contributed by atoms with E-state index in [1.165, 1.54) is 24.3 Å². The lowest BCUT2D eigenvalue weighted by Gasteiger charge is -2.14. The molecule has 1 aromatic carbocycles. The van der Waals surface area contributed by atoms with Crippen LogP contribution in [0.15, 0.2) is 36.5 Å². The number of amides is 2. The fraction of sp³-hybridized carbons (Fsp3) is 0.333. The molecule has 2 aromatic rings. The van der Waals surface area contributed by atoms with Crippen molar-refractivity contribution >= 4 is 11.7 Å². The second kappa shape index (κ2) is 7.35. The molecule has 24 heavy (non-hydrogen) atoms. The third kappa shape index (κ3) is 4.48. The molecule has 130 valence electrons. The second-order valence-corrected chi connectivity index (χ2v) is 5.18. The number of halogens is 3. The molecule has 0 fully saturated rings. The Morgan fingerprint density at radius 2 is 1.96 bits per heavy atom. The zero-order valence-corrected chi connectivity index (χ0v) is 12.8. The van der Waals surface area contributed by atoms with E-state index >= 15 is 0 Å². The van der Waals surface area contributed by atoms with Crippen molar-refractivity contribution in [2.24, 2.45) is 0 Å². The number of urea groups is 1. The molecule has 0 radical (unpaired) electrons. The monoisotopic (exact) mass is 342 g/mol. The van der Waals surface area contributed by atoms with E-state index in [1.54, 1.807) is 6.92 Å². The molecule has 1 atom stereocenters. The fourth-order valence-corrected chi connectivity index (χ4v) is 2.07. The normalized spacial score (nSPS) is 12.7. The van der Waals surface area contributed by atoms with Gasteiger partial charge in [0, 0.05) is 18.3 Å². The Morgan fingerprint density at radius 3 is 2.54 bits per heavy atom. The van der Waals surface area contributed by atoms with E-state index in [9.17, 15) is 18.0 Å². The third-order valence-corrected chi connectivity index (χ3v) is 3.24. The summed E-state index contributed by atoms with van der Waals surface area (Å²) < 4.78 is 39.4. The standard InChI is InChI=1S/C15H17F3N4O2/c1-10(7-9-23)20-14(24)21-11-2-4-12(5-3-11)22-13(6-8-19-22)15(16,17)18/h2-6,8,10,23H,7,9H2,1H3,(H2,20,21,24)/t10-/m0/s1. The average Bonchev–Trinajstić information content (AvgIpc) is 2.97. The number of hydrogen-bond donors (Lipinski definition) is 3. The summed E-state index contributed by atoms with van der Waals surface area (Å²) in [5, 5.41) is 17.6. The van der Waals surface area contributed by atoms with Gasteiger partial charge in [0.1, 0.15) is 5.69 Å². The van der Waals surface area contributed by atoms with Gasteiger partial charge in [-0.05, 0) is 43.7 Å². The summed E-state index contributed by atoms with van der Waals surface area (Å²) in [5.41, 5.74) is -0.223. The van der Waals surface area contributed by atoms with Gasteiger partial charge in [-0.2, -0.15) is 18.3 Å². The maximum atomic E-state index is 12.9. The van der Waals surface area contributed by atoms with Crippen LogP contribution in [-0.2, 0) is 6.18 Å². The molecule has 0 unspecified atom stereocenters. The summed E-state index contributed by atoms with van der Waals surface area (Å²) >= 11 is 0. The van der Waals surface area contributed by atoms with Crippen molar-refractivity contribution in [2.75, 3.05) is 11.9 Å².